The molecule has 0 unspecified atom stereocenters. The van der Waals surface area contributed by atoms with Gasteiger partial charge in [0.15, 0.2) is 0 Å². The van der Waals surface area contributed by atoms with Crippen LogP contribution in [0.2, 0.25) is 0 Å². The second kappa shape index (κ2) is 2.61. The molecule has 0 N–H and O–H groups in total. The lowest BCUT2D eigenvalue weighted by Gasteiger charge is -2.01. The number of nitrogens with zero attached hydrogens (tertiary/aromatic N) is 2. The van der Waals surface area contributed by atoms with E-state index in [9.17, 15) is 0 Å². The van der Waals surface area contributed by atoms with Crippen molar-refractivity contribution in [1.29, 1.82) is 0 Å². The number of hydrogen-bond donors (Lipinski definition) is 0. The van der Waals surface area contributed by atoms with Crippen LogP contribution in [0.15, 0.2) is 6.33 Å². The lowest BCUT2D eigenvalue weighted by atomic mass is 10.1. The first-order valence-corrected chi connectivity index (χ1v) is 4.23. The molecule has 0 aromatic carbocycles. The Labute approximate surface area is 66.7 Å². The normalized spacial score (nSPS) is 15.0. The summed E-state index contributed by atoms with van der Waals surface area (Å²) in [6.45, 7) is 2.15. The molecule has 0 radical (unpaired) electrons. The highest BCUT2D eigenvalue weighted by Crippen LogP contribution is 2.21. The van der Waals surface area contributed by atoms with Gasteiger partial charge in [0.2, 0.25) is 0 Å². The van der Waals surface area contributed by atoms with Crippen LogP contribution in [0, 0.1) is 0 Å². The molecule has 2 rings (SSSR count). The second-order valence-corrected chi connectivity index (χ2v) is 2.95. The summed E-state index contributed by atoms with van der Waals surface area (Å²) in [5.41, 5.74) is 3.97. The minimum absolute atomic E-state index is 1.05. The lowest BCUT2D eigenvalue weighted by Crippen LogP contribution is -1.97. The average molecular weight is 148 g/mol. The van der Waals surface area contributed by atoms with Gasteiger partial charge in [-0.05, 0) is 31.2 Å². The van der Waals surface area contributed by atoms with Gasteiger partial charge in [-0.3, -0.25) is 0 Å². The fourth-order valence-electron chi connectivity index (χ4n) is 1.73. The average Bonchev–Trinajstić information content (AvgIpc) is 2.50. The van der Waals surface area contributed by atoms with Crippen LogP contribution in [-0.4, -0.2) is 9.97 Å². The summed E-state index contributed by atoms with van der Waals surface area (Å²) in [7, 11) is 0. The van der Waals surface area contributed by atoms with Gasteiger partial charge >= 0.3 is 0 Å². The summed E-state index contributed by atoms with van der Waals surface area (Å²) >= 11 is 0. The van der Waals surface area contributed by atoms with Gasteiger partial charge in [0.25, 0.3) is 0 Å². The Hall–Kier alpha value is -0.920. The molecule has 11 heavy (non-hydrogen) atoms. The topological polar surface area (TPSA) is 25.8 Å². The molecule has 0 spiro atoms. The Morgan fingerprint density at radius 3 is 3.09 bits per heavy atom. The number of aromatic nitrogens is 2. The van der Waals surface area contributed by atoms with Gasteiger partial charge in [-0.15, -0.1) is 0 Å². The first-order chi connectivity index (χ1) is 5.42. The van der Waals surface area contributed by atoms with Gasteiger partial charge in [-0.1, -0.05) is 6.92 Å². The monoisotopic (exact) mass is 148 g/mol. The fraction of sp³-hybridized carbons (Fsp3) is 0.556. The van der Waals surface area contributed by atoms with E-state index in [0.717, 1.165) is 12.8 Å². The zero-order valence-electron chi connectivity index (χ0n) is 6.80. The molecule has 1 aromatic heterocycles. The Morgan fingerprint density at radius 2 is 2.27 bits per heavy atom. The smallest absolute Gasteiger partial charge is 0.115 e. The molecule has 0 atom stereocenters. The molecule has 0 fully saturated rings. The molecular formula is C9H12N2. The maximum atomic E-state index is 4.26. The van der Waals surface area contributed by atoms with Crippen molar-refractivity contribution >= 4 is 0 Å². The van der Waals surface area contributed by atoms with Crippen LogP contribution >= 0.6 is 0 Å². The third-order valence-electron chi connectivity index (χ3n) is 2.30. The van der Waals surface area contributed by atoms with E-state index in [4.69, 9.17) is 0 Å². The quantitative estimate of drug-likeness (QED) is 0.603. The molecule has 0 bridgehead atoms. The Balaban J connectivity index is 2.50. The summed E-state index contributed by atoms with van der Waals surface area (Å²) in [6, 6.07) is 0. The van der Waals surface area contributed by atoms with Crippen molar-refractivity contribution in [3.8, 4) is 0 Å². The fourth-order valence-corrected chi connectivity index (χ4v) is 1.73. The van der Waals surface area contributed by atoms with Crippen LogP contribution in [0.3, 0.4) is 0 Å². The first-order valence-electron chi connectivity index (χ1n) is 4.23. The van der Waals surface area contributed by atoms with Gasteiger partial charge in [-0.25, -0.2) is 9.97 Å². The maximum absolute atomic E-state index is 4.26. The predicted molar refractivity (Wildman–Crippen MR) is 43.4 cm³/mol. The van der Waals surface area contributed by atoms with Crippen LogP contribution in [0.5, 0.6) is 0 Å². The van der Waals surface area contributed by atoms with E-state index in [0.29, 0.717) is 0 Å². The van der Waals surface area contributed by atoms with E-state index < -0.39 is 0 Å². The minimum Gasteiger partial charge on any atom is -0.241 e. The van der Waals surface area contributed by atoms with E-state index in [1.54, 1.807) is 6.33 Å². The SMILES string of the molecule is CCc1ncnc2c1CCC2. The first kappa shape index (κ1) is 6.77. The van der Waals surface area contributed by atoms with Crippen molar-refractivity contribution in [3.63, 3.8) is 0 Å². The maximum Gasteiger partial charge on any atom is 0.115 e. The molecule has 0 saturated heterocycles. The standard InChI is InChI=1S/C9H12N2/c1-2-8-7-4-3-5-9(7)11-6-10-8/h6H,2-5H2,1H3. The molecule has 1 heterocycles. The molecule has 0 aliphatic heterocycles. The Morgan fingerprint density at radius 1 is 1.36 bits per heavy atom. The van der Waals surface area contributed by atoms with Crippen molar-refractivity contribution in [2.24, 2.45) is 0 Å². The lowest BCUT2D eigenvalue weighted by molar-refractivity contribution is 0.895. The molecule has 0 amide bonds. The highest BCUT2D eigenvalue weighted by Gasteiger charge is 2.15. The van der Waals surface area contributed by atoms with Crippen LogP contribution in [0.4, 0.5) is 0 Å². The minimum atomic E-state index is 1.05. The summed E-state index contributed by atoms with van der Waals surface area (Å²) in [5, 5.41) is 0. The van der Waals surface area contributed by atoms with Gasteiger partial charge < -0.3 is 0 Å². The molecule has 2 nitrogen and oxygen atoms in total. The van der Waals surface area contributed by atoms with E-state index >= 15 is 0 Å². The molecule has 2 heteroatoms. The van der Waals surface area contributed by atoms with Crippen molar-refractivity contribution in [2.75, 3.05) is 0 Å². The van der Waals surface area contributed by atoms with Gasteiger partial charge in [-0.2, -0.15) is 0 Å². The summed E-state index contributed by atoms with van der Waals surface area (Å²) < 4.78 is 0. The van der Waals surface area contributed by atoms with E-state index in [1.807, 2.05) is 0 Å². The van der Waals surface area contributed by atoms with E-state index in [1.165, 1.54) is 29.8 Å². The summed E-state index contributed by atoms with van der Waals surface area (Å²) in [6.07, 6.45) is 6.36. The largest absolute Gasteiger partial charge is 0.241 e. The molecule has 58 valence electrons. The number of fused-ring (bicyclic) bond motifs is 1. The van der Waals surface area contributed by atoms with Crippen molar-refractivity contribution in [1.82, 2.24) is 9.97 Å². The third-order valence-corrected chi connectivity index (χ3v) is 2.30. The van der Waals surface area contributed by atoms with Crippen LogP contribution in [-0.2, 0) is 19.3 Å². The zero-order valence-corrected chi connectivity index (χ0v) is 6.80. The Bertz CT molecular complexity index is 268. The van der Waals surface area contributed by atoms with Crippen LogP contribution < -0.4 is 0 Å². The molecule has 1 aliphatic rings. The van der Waals surface area contributed by atoms with Crippen molar-refractivity contribution in [3.05, 3.63) is 23.3 Å². The molecule has 0 saturated carbocycles. The Kier molecular flexibility index (Phi) is 1.60. The van der Waals surface area contributed by atoms with Crippen LogP contribution in [0.25, 0.3) is 0 Å². The van der Waals surface area contributed by atoms with Crippen molar-refractivity contribution in [2.45, 2.75) is 32.6 Å². The molecule has 1 aliphatic carbocycles. The summed E-state index contributed by atoms with van der Waals surface area (Å²) in [4.78, 5) is 8.51. The predicted octanol–water partition coefficient (Wildman–Crippen LogP) is 1.53. The zero-order chi connectivity index (χ0) is 7.68. The highest BCUT2D eigenvalue weighted by atomic mass is 14.8. The molecule has 1 aromatic rings. The van der Waals surface area contributed by atoms with Crippen molar-refractivity contribution < 1.29 is 0 Å². The molecular weight excluding hydrogens is 136 g/mol. The number of aryl methyl sites for hydroxylation is 2. The second-order valence-electron chi connectivity index (χ2n) is 2.95. The summed E-state index contributed by atoms with van der Waals surface area (Å²) in [5.74, 6) is 0. The van der Waals surface area contributed by atoms with E-state index in [2.05, 4.69) is 16.9 Å². The van der Waals surface area contributed by atoms with Gasteiger partial charge in [0.05, 0.1) is 0 Å². The van der Waals surface area contributed by atoms with E-state index in [-0.39, 0.29) is 0 Å². The van der Waals surface area contributed by atoms with Gasteiger partial charge in [0, 0.05) is 11.4 Å². The van der Waals surface area contributed by atoms with Gasteiger partial charge in [0.1, 0.15) is 6.33 Å². The van der Waals surface area contributed by atoms with Crippen LogP contribution in [0.1, 0.15) is 30.3 Å². The number of rotatable bonds is 1. The number of hydrogen-bond acceptors (Lipinski definition) is 2. The third kappa shape index (κ3) is 1.02. The highest BCUT2D eigenvalue weighted by molar-refractivity contribution is 5.28.